The summed E-state index contributed by atoms with van der Waals surface area (Å²) in [6, 6.07) is 4.99. The van der Waals surface area contributed by atoms with Gasteiger partial charge in [-0.2, -0.15) is 0 Å². The highest BCUT2D eigenvalue weighted by Gasteiger charge is 2.30. The summed E-state index contributed by atoms with van der Waals surface area (Å²) >= 11 is 0. The van der Waals surface area contributed by atoms with Gasteiger partial charge in [-0.05, 0) is 37.5 Å². The fourth-order valence-electron chi connectivity index (χ4n) is 1.72. The molecule has 0 radical (unpaired) electrons. The topological polar surface area (TPSA) is 70.6 Å². The zero-order valence-electron chi connectivity index (χ0n) is 12.1. The van der Waals surface area contributed by atoms with Gasteiger partial charge in [0.1, 0.15) is 5.75 Å². The van der Waals surface area contributed by atoms with E-state index in [0.29, 0.717) is 19.4 Å². The summed E-state index contributed by atoms with van der Waals surface area (Å²) in [7, 11) is 0. The number of carbonyl (C=O) groups excluding carboxylic acids is 1. The van der Waals surface area contributed by atoms with Crippen LogP contribution in [0.2, 0.25) is 0 Å². The second-order valence-corrected chi connectivity index (χ2v) is 4.76. The van der Waals surface area contributed by atoms with Crippen molar-refractivity contribution in [3.63, 3.8) is 0 Å². The lowest BCUT2D eigenvalue weighted by Gasteiger charge is -2.13. The number of halogens is 3. The molecule has 0 spiro atoms. The van der Waals surface area contributed by atoms with Gasteiger partial charge in [0, 0.05) is 19.2 Å². The highest BCUT2D eigenvalue weighted by atomic mass is 19.4. The first-order valence-corrected chi connectivity index (χ1v) is 6.80. The summed E-state index contributed by atoms with van der Waals surface area (Å²) in [5.74, 6) is -0.278. The molecule has 0 aliphatic rings. The molecule has 1 rings (SSSR count). The van der Waals surface area contributed by atoms with Gasteiger partial charge in [-0.15, -0.1) is 13.2 Å². The lowest BCUT2D eigenvalue weighted by Crippen LogP contribution is -2.41. The molecule has 0 heterocycles. The molecule has 0 aliphatic heterocycles. The number of nitrogens with one attached hydrogen (secondary N) is 2. The van der Waals surface area contributed by atoms with E-state index in [1.54, 1.807) is 6.92 Å². The Bertz CT molecular complexity index is 463. The largest absolute Gasteiger partial charge is 0.573 e. The van der Waals surface area contributed by atoms with Gasteiger partial charge in [0.15, 0.2) is 0 Å². The predicted molar refractivity (Wildman–Crippen MR) is 74.5 cm³/mol. The first-order valence-electron chi connectivity index (χ1n) is 6.80. The van der Waals surface area contributed by atoms with Crippen molar-refractivity contribution >= 4 is 6.03 Å². The van der Waals surface area contributed by atoms with E-state index in [1.165, 1.54) is 24.3 Å². The molecule has 0 fully saturated rings. The molecule has 0 aliphatic carbocycles. The molecule has 3 N–H and O–H groups in total. The zero-order valence-corrected chi connectivity index (χ0v) is 12.1. The van der Waals surface area contributed by atoms with Crippen molar-refractivity contribution in [2.75, 3.05) is 13.2 Å². The van der Waals surface area contributed by atoms with Gasteiger partial charge in [0.05, 0.1) is 0 Å². The Hall–Kier alpha value is -1.96. The molecule has 1 aromatic rings. The molecule has 2 amide bonds. The SMILES string of the molecule is C[C@H](CCO)NC(=O)NCCc1ccc(OC(F)(F)F)cc1. The smallest absolute Gasteiger partial charge is 0.406 e. The molecule has 22 heavy (non-hydrogen) atoms. The van der Waals surface area contributed by atoms with E-state index in [9.17, 15) is 18.0 Å². The molecule has 8 heteroatoms. The van der Waals surface area contributed by atoms with Crippen LogP contribution < -0.4 is 15.4 Å². The van der Waals surface area contributed by atoms with Crippen LogP contribution in [0, 0.1) is 0 Å². The van der Waals surface area contributed by atoms with Crippen molar-refractivity contribution in [1.29, 1.82) is 0 Å². The van der Waals surface area contributed by atoms with E-state index in [1.807, 2.05) is 0 Å². The van der Waals surface area contributed by atoms with Crippen LogP contribution >= 0.6 is 0 Å². The summed E-state index contributed by atoms with van der Waals surface area (Å²) in [5.41, 5.74) is 0.776. The van der Waals surface area contributed by atoms with Gasteiger partial charge in [-0.25, -0.2) is 4.79 Å². The van der Waals surface area contributed by atoms with E-state index >= 15 is 0 Å². The third-order valence-electron chi connectivity index (χ3n) is 2.80. The molecule has 0 bridgehead atoms. The van der Waals surface area contributed by atoms with E-state index < -0.39 is 6.36 Å². The quantitative estimate of drug-likeness (QED) is 0.721. The van der Waals surface area contributed by atoms with Crippen LogP contribution in [-0.2, 0) is 6.42 Å². The Morgan fingerprint density at radius 1 is 1.32 bits per heavy atom. The first kappa shape index (κ1) is 18.1. The van der Waals surface area contributed by atoms with Crippen LogP contribution in [0.3, 0.4) is 0 Å². The van der Waals surface area contributed by atoms with Crippen LogP contribution in [0.25, 0.3) is 0 Å². The van der Waals surface area contributed by atoms with Crippen molar-refractivity contribution in [2.24, 2.45) is 0 Å². The average Bonchev–Trinajstić information content (AvgIpc) is 2.39. The molecular weight excluding hydrogens is 301 g/mol. The van der Waals surface area contributed by atoms with E-state index in [0.717, 1.165) is 5.56 Å². The number of amides is 2. The third kappa shape index (κ3) is 7.72. The number of ether oxygens (including phenoxy) is 1. The highest BCUT2D eigenvalue weighted by molar-refractivity contribution is 5.74. The molecule has 124 valence electrons. The van der Waals surface area contributed by atoms with Gasteiger partial charge in [0.2, 0.25) is 0 Å². The van der Waals surface area contributed by atoms with Crippen molar-refractivity contribution in [2.45, 2.75) is 32.2 Å². The minimum Gasteiger partial charge on any atom is -0.406 e. The minimum atomic E-state index is -4.70. The molecule has 1 aromatic carbocycles. The summed E-state index contributed by atoms with van der Waals surface area (Å²) in [5, 5.41) is 14.0. The number of hydrogen-bond donors (Lipinski definition) is 3. The van der Waals surface area contributed by atoms with Gasteiger partial charge in [-0.3, -0.25) is 0 Å². The number of benzene rings is 1. The van der Waals surface area contributed by atoms with Crippen LogP contribution in [0.1, 0.15) is 18.9 Å². The van der Waals surface area contributed by atoms with Gasteiger partial charge in [-0.1, -0.05) is 12.1 Å². The van der Waals surface area contributed by atoms with Crippen molar-refractivity contribution in [1.82, 2.24) is 10.6 Å². The number of aliphatic hydroxyl groups is 1. The zero-order chi connectivity index (χ0) is 16.6. The molecule has 0 saturated carbocycles. The fraction of sp³-hybridized carbons (Fsp3) is 0.500. The summed E-state index contributed by atoms with van der Waals surface area (Å²) in [4.78, 5) is 11.5. The van der Waals surface area contributed by atoms with Crippen molar-refractivity contribution in [3.05, 3.63) is 29.8 Å². The summed E-state index contributed by atoms with van der Waals surface area (Å²) in [6.45, 7) is 2.11. The van der Waals surface area contributed by atoms with E-state index in [-0.39, 0.29) is 24.4 Å². The number of urea groups is 1. The van der Waals surface area contributed by atoms with Crippen molar-refractivity contribution < 1.29 is 27.8 Å². The van der Waals surface area contributed by atoms with Crippen LogP contribution in [0.4, 0.5) is 18.0 Å². The molecule has 5 nitrogen and oxygen atoms in total. The maximum absolute atomic E-state index is 12.0. The number of rotatable bonds is 7. The Morgan fingerprint density at radius 2 is 1.95 bits per heavy atom. The first-order chi connectivity index (χ1) is 10.3. The van der Waals surface area contributed by atoms with E-state index in [4.69, 9.17) is 5.11 Å². The summed E-state index contributed by atoms with van der Waals surface area (Å²) in [6.07, 6.45) is -3.76. The van der Waals surface area contributed by atoms with Crippen LogP contribution in [0.5, 0.6) is 5.75 Å². The summed E-state index contributed by atoms with van der Waals surface area (Å²) < 4.78 is 39.8. The van der Waals surface area contributed by atoms with E-state index in [2.05, 4.69) is 15.4 Å². The lowest BCUT2D eigenvalue weighted by molar-refractivity contribution is -0.274. The second-order valence-electron chi connectivity index (χ2n) is 4.76. The third-order valence-corrected chi connectivity index (χ3v) is 2.80. The molecule has 0 unspecified atom stereocenters. The lowest BCUT2D eigenvalue weighted by atomic mass is 10.1. The Labute approximate surface area is 126 Å². The van der Waals surface area contributed by atoms with Crippen molar-refractivity contribution in [3.8, 4) is 5.75 Å². The normalized spacial score (nSPS) is 12.6. The number of aliphatic hydroxyl groups excluding tert-OH is 1. The Balaban J connectivity index is 2.32. The molecule has 1 atom stereocenters. The molecule has 0 saturated heterocycles. The van der Waals surface area contributed by atoms with Gasteiger partial charge >= 0.3 is 12.4 Å². The van der Waals surface area contributed by atoms with Gasteiger partial charge < -0.3 is 20.5 Å². The Kier molecular flexibility index (Phi) is 6.97. The monoisotopic (exact) mass is 320 g/mol. The molecular formula is C14H19F3N2O3. The predicted octanol–water partition coefficient (Wildman–Crippen LogP) is 2.20. The van der Waals surface area contributed by atoms with Crippen LogP contribution in [-0.4, -0.2) is 36.7 Å². The highest BCUT2D eigenvalue weighted by Crippen LogP contribution is 2.22. The molecule has 0 aromatic heterocycles. The maximum Gasteiger partial charge on any atom is 0.573 e. The fourth-order valence-corrected chi connectivity index (χ4v) is 1.72. The standard InChI is InChI=1S/C14H19F3N2O3/c1-10(7-9-20)19-13(21)18-8-6-11-2-4-12(5-3-11)22-14(15,16)17/h2-5,10,20H,6-9H2,1H3,(H2,18,19,21)/t10-/m1/s1. The number of carbonyl (C=O) groups is 1. The van der Waals surface area contributed by atoms with Gasteiger partial charge in [0.25, 0.3) is 0 Å². The maximum atomic E-state index is 12.0. The number of alkyl halides is 3. The number of hydrogen-bond acceptors (Lipinski definition) is 3. The second kappa shape index (κ2) is 8.47. The Morgan fingerprint density at radius 3 is 2.50 bits per heavy atom. The van der Waals surface area contributed by atoms with Crippen LogP contribution in [0.15, 0.2) is 24.3 Å². The minimum absolute atomic E-state index is 0.00616. The average molecular weight is 320 g/mol.